The number of esters is 1. The third-order valence-electron chi connectivity index (χ3n) is 4.03. The lowest BCUT2D eigenvalue weighted by molar-refractivity contribution is 0.0470. The van der Waals surface area contributed by atoms with Crippen LogP contribution in [0, 0.1) is 0 Å². The van der Waals surface area contributed by atoms with Gasteiger partial charge >= 0.3 is 5.97 Å². The van der Waals surface area contributed by atoms with E-state index in [4.69, 9.17) is 21.1 Å². The number of hydrogen-bond acceptors (Lipinski definition) is 5. The number of hydrogen-bond donors (Lipinski definition) is 1. The predicted octanol–water partition coefficient (Wildman–Crippen LogP) is 4.40. The van der Waals surface area contributed by atoms with Crippen LogP contribution >= 0.6 is 11.6 Å². The molecular formula is C21H18ClNO5S. The van der Waals surface area contributed by atoms with Gasteiger partial charge in [-0.25, -0.2) is 17.9 Å². The molecule has 3 rings (SSSR count). The standard InChI is InChI=1S/C21H18ClNO5S/c1-23-29(25,26)20-13-15(11-12-18(20)22)21(24)27-14-16-7-5-6-10-19(16)28-17-8-3-2-4-9-17/h2-13,23H,14H2,1H3. The highest BCUT2D eigenvalue weighted by atomic mass is 35.5. The second-order valence-electron chi connectivity index (χ2n) is 5.95. The second kappa shape index (κ2) is 9.09. The Morgan fingerprint density at radius 3 is 2.41 bits per heavy atom. The third kappa shape index (κ3) is 5.14. The molecule has 29 heavy (non-hydrogen) atoms. The first-order valence-electron chi connectivity index (χ1n) is 8.62. The number of sulfonamides is 1. The summed E-state index contributed by atoms with van der Waals surface area (Å²) in [5.41, 5.74) is 0.742. The topological polar surface area (TPSA) is 81.7 Å². The molecule has 0 spiro atoms. The molecule has 0 heterocycles. The predicted molar refractivity (Wildman–Crippen MR) is 110 cm³/mol. The van der Waals surface area contributed by atoms with Crippen molar-refractivity contribution in [2.75, 3.05) is 7.05 Å². The van der Waals surface area contributed by atoms with E-state index < -0.39 is 16.0 Å². The molecule has 0 bridgehead atoms. The zero-order chi connectivity index (χ0) is 20.9. The monoisotopic (exact) mass is 431 g/mol. The first-order valence-corrected chi connectivity index (χ1v) is 10.5. The summed E-state index contributed by atoms with van der Waals surface area (Å²) in [6, 6.07) is 20.3. The van der Waals surface area contributed by atoms with Crippen LogP contribution < -0.4 is 9.46 Å². The van der Waals surface area contributed by atoms with Crippen molar-refractivity contribution in [1.82, 2.24) is 4.72 Å². The number of benzene rings is 3. The summed E-state index contributed by atoms with van der Waals surface area (Å²) in [6.45, 7) is -0.0431. The fourth-order valence-electron chi connectivity index (χ4n) is 2.51. The van der Waals surface area contributed by atoms with Gasteiger partial charge in [0.05, 0.1) is 10.6 Å². The Bertz CT molecular complexity index is 1120. The van der Waals surface area contributed by atoms with Crippen LogP contribution in [0.25, 0.3) is 0 Å². The average Bonchev–Trinajstić information content (AvgIpc) is 2.74. The quantitative estimate of drug-likeness (QED) is 0.561. The highest BCUT2D eigenvalue weighted by molar-refractivity contribution is 7.89. The van der Waals surface area contributed by atoms with Crippen molar-refractivity contribution >= 4 is 27.6 Å². The highest BCUT2D eigenvalue weighted by Gasteiger charge is 2.19. The van der Waals surface area contributed by atoms with Crippen LogP contribution in [-0.4, -0.2) is 21.4 Å². The van der Waals surface area contributed by atoms with Crippen LogP contribution in [0.1, 0.15) is 15.9 Å². The van der Waals surface area contributed by atoms with Crippen LogP contribution in [0.3, 0.4) is 0 Å². The van der Waals surface area contributed by atoms with Gasteiger partial charge in [-0.2, -0.15) is 0 Å². The molecule has 6 nitrogen and oxygen atoms in total. The summed E-state index contributed by atoms with van der Waals surface area (Å²) in [6.07, 6.45) is 0. The van der Waals surface area contributed by atoms with E-state index in [1.54, 1.807) is 18.2 Å². The molecule has 0 aromatic heterocycles. The molecule has 0 unspecified atom stereocenters. The van der Waals surface area contributed by atoms with E-state index >= 15 is 0 Å². The Hall–Kier alpha value is -2.87. The van der Waals surface area contributed by atoms with Crippen molar-refractivity contribution in [3.8, 4) is 11.5 Å². The fraction of sp³-hybridized carbons (Fsp3) is 0.0952. The van der Waals surface area contributed by atoms with E-state index in [1.165, 1.54) is 25.2 Å². The minimum absolute atomic E-state index is 0.0116. The van der Waals surface area contributed by atoms with Crippen LogP contribution in [0.5, 0.6) is 11.5 Å². The lowest BCUT2D eigenvalue weighted by Gasteiger charge is -2.12. The molecule has 150 valence electrons. The Kier molecular flexibility index (Phi) is 6.53. The van der Waals surface area contributed by atoms with E-state index in [2.05, 4.69) is 4.72 Å². The molecule has 3 aromatic carbocycles. The van der Waals surface area contributed by atoms with Gasteiger partial charge < -0.3 is 9.47 Å². The minimum atomic E-state index is -3.80. The molecule has 0 aliphatic carbocycles. The van der Waals surface area contributed by atoms with Gasteiger partial charge in [-0.15, -0.1) is 0 Å². The van der Waals surface area contributed by atoms with Crippen molar-refractivity contribution in [2.45, 2.75) is 11.5 Å². The average molecular weight is 432 g/mol. The van der Waals surface area contributed by atoms with Crippen molar-refractivity contribution in [1.29, 1.82) is 0 Å². The van der Waals surface area contributed by atoms with Crippen molar-refractivity contribution < 1.29 is 22.7 Å². The molecule has 0 saturated heterocycles. The van der Waals surface area contributed by atoms with E-state index in [0.29, 0.717) is 17.1 Å². The van der Waals surface area contributed by atoms with Gasteiger partial charge in [0, 0.05) is 5.56 Å². The maximum absolute atomic E-state index is 12.4. The second-order valence-corrected chi connectivity index (χ2v) is 8.21. The summed E-state index contributed by atoms with van der Waals surface area (Å²) in [7, 11) is -2.54. The number of nitrogens with one attached hydrogen (secondary N) is 1. The largest absolute Gasteiger partial charge is 0.457 e. The molecule has 0 amide bonds. The molecule has 0 fully saturated rings. The Morgan fingerprint density at radius 1 is 1.00 bits per heavy atom. The molecule has 8 heteroatoms. The first-order chi connectivity index (χ1) is 13.9. The first kappa shape index (κ1) is 20.9. The molecular weight excluding hydrogens is 414 g/mol. The smallest absolute Gasteiger partial charge is 0.338 e. The van der Waals surface area contributed by atoms with Gasteiger partial charge in [-0.1, -0.05) is 48.0 Å². The number of ether oxygens (including phenoxy) is 2. The zero-order valence-corrected chi connectivity index (χ0v) is 17.0. The summed E-state index contributed by atoms with van der Waals surface area (Å²) in [4.78, 5) is 12.3. The van der Waals surface area contributed by atoms with E-state index in [1.807, 2.05) is 36.4 Å². The lowest BCUT2D eigenvalue weighted by Crippen LogP contribution is -2.19. The van der Waals surface area contributed by atoms with Gasteiger partial charge in [0.15, 0.2) is 0 Å². The third-order valence-corrected chi connectivity index (χ3v) is 5.92. The summed E-state index contributed by atoms with van der Waals surface area (Å²) < 4.78 is 37.4. The lowest BCUT2D eigenvalue weighted by atomic mass is 10.2. The van der Waals surface area contributed by atoms with Crippen molar-refractivity contribution in [3.63, 3.8) is 0 Å². The van der Waals surface area contributed by atoms with Gasteiger partial charge in [0.2, 0.25) is 10.0 Å². The van der Waals surface area contributed by atoms with Gasteiger partial charge in [0.1, 0.15) is 23.0 Å². The molecule has 0 aliphatic rings. The normalized spacial score (nSPS) is 11.1. The number of halogens is 1. The van der Waals surface area contributed by atoms with Gasteiger partial charge in [0.25, 0.3) is 0 Å². The Morgan fingerprint density at radius 2 is 1.69 bits per heavy atom. The maximum atomic E-state index is 12.4. The summed E-state index contributed by atoms with van der Waals surface area (Å²) in [5.74, 6) is 0.538. The molecule has 3 aromatic rings. The molecule has 1 N–H and O–H groups in total. The molecule has 0 atom stereocenters. The van der Waals surface area contributed by atoms with E-state index in [-0.39, 0.29) is 22.1 Å². The molecule has 0 radical (unpaired) electrons. The van der Waals surface area contributed by atoms with E-state index in [9.17, 15) is 13.2 Å². The van der Waals surface area contributed by atoms with Crippen molar-refractivity contribution in [2.24, 2.45) is 0 Å². The number of carbonyl (C=O) groups is 1. The Labute approximate surface area is 174 Å². The van der Waals surface area contributed by atoms with E-state index in [0.717, 1.165) is 0 Å². The van der Waals surface area contributed by atoms with Crippen LogP contribution in [0.4, 0.5) is 0 Å². The fourth-order valence-corrected chi connectivity index (χ4v) is 3.76. The summed E-state index contributed by atoms with van der Waals surface area (Å²) >= 11 is 5.95. The number of para-hydroxylation sites is 2. The Balaban J connectivity index is 1.76. The number of rotatable bonds is 7. The maximum Gasteiger partial charge on any atom is 0.338 e. The van der Waals surface area contributed by atoms with Crippen LogP contribution in [0.2, 0.25) is 5.02 Å². The highest BCUT2D eigenvalue weighted by Crippen LogP contribution is 2.26. The SMILES string of the molecule is CNS(=O)(=O)c1cc(C(=O)OCc2ccccc2Oc2ccccc2)ccc1Cl. The van der Waals surface area contributed by atoms with Gasteiger partial charge in [-0.05, 0) is 43.4 Å². The minimum Gasteiger partial charge on any atom is -0.457 e. The zero-order valence-electron chi connectivity index (χ0n) is 15.5. The van der Waals surface area contributed by atoms with Crippen LogP contribution in [0.15, 0.2) is 77.7 Å². The van der Waals surface area contributed by atoms with Crippen LogP contribution in [-0.2, 0) is 21.4 Å². The molecule has 0 saturated carbocycles. The number of carbonyl (C=O) groups excluding carboxylic acids is 1. The summed E-state index contributed by atoms with van der Waals surface area (Å²) in [5, 5.41) is 0.0116. The molecule has 0 aliphatic heterocycles. The van der Waals surface area contributed by atoms with Crippen molar-refractivity contribution in [3.05, 3.63) is 88.9 Å². The van der Waals surface area contributed by atoms with Gasteiger partial charge in [-0.3, -0.25) is 0 Å².